The predicted molar refractivity (Wildman–Crippen MR) is 28.0 cm³/mol. The third-order valence-corrected chi connectivity index (χ3v) is 1.30. The Morgan fingerprint density at radius 1 is 0.706 bits per heavy atom. The summed E-state index contributed by atoms with van der Waals surface area (Å²) in [5, 5.41) is 0. The van der Waals surface area contributed by atoms with Crippen LogP contribution in [0.25, 0.3) is 0 Å². The van der Waals surface area contributed by atoms with Gasteiger partial charge in [-0.2, -0.15) is 39.5 Å². The molecule has 0 saturated carbocycles. The molecule has 0 aromatic rings. The zero-order valence-electron chi connectivity index (χ0n) is 7.49. The van der Waals surface area contributed by atoms with E-state index in [1.54, 1.807) is 0 Å². The average Bonchev–Trinajstić information content (AvgIpc) is 2.01. The maximum absolute atomic E-state index is 12.1. The molecule has 1 radical (unpaired) electrons. The molecule has 0 nitrogen and oxygen atoms in total. The van der Waals surface area contributed by atoms with Crippen molar-refractivity contribution in [2.45, 2.75) is 23.9 Å². The van der Waals surface area contributed by atoms with Gasteiger partial charge in [-0.1, -0.05) is 0 Å². The Balaban J connectivity index is -0.000000980. The molecular formula is C6ClF9Zn-. The van der Waals surface area contributed by atoms with Crippen molar-refractivity contribution in [2.75, 3.05) is 0 Å². The van der Waals surface area contributed by atoms with Gasteiger partial charge >= 0.3 is 23.9 Å². The van der Waals surface area contributed by atoms with E-state index in [1.165, 1.54) is 0 Å². The molecule has 17 heavy (non-hydrogen) atoms. The first kappa shape index (κ1) is 22.1. The van der Waals surface area contributed by atoms with Crippen LogP contribution >= 0.6 is 0 Å². The second kappa shape index (κ2) is 5.66. The first-order valence-electron chi connectivity index (χ1n) is 2.95. The van der Waals surface area contributed by atoms with Crippen molar-refractivity contribution in [2.24, 2.45) is 0 Å². The van der Waals surface area contributed by atoms with Crippen LogP contribution in [0, 0.1) is 12.3 Å². The van der Waals surface area contributed by atoms with E-state index >= 15 is 0 Å². The van der Waals surface area contributed by atoms with Crippen LogP contribution < -0.4 is 12.4 Å². The van der Waals surface area contributed by atoms with Crippen molar-refractivity contribution < 1.29 is 71.4 Å². The average molecular weight is 344 g/mol. The van der Waals surface area contributed by atoms with Crippen molar-refractivity contribution in [1.82, 2.24) is 0 Å². The van der Waals surface area contributed by atoms with E-state index in [0.29, 0.717) is 0 Å². The number of alkyl halides is 9. The third-order valence-electron chi connectivity index (χ3n) is 1.30. The molecular weight excluding hydrogens is 344 g/mol. The van der Waals surface area contributed by atoms with Crippen LogP contribution in [0.3, 0.4) is 0 Å². The van der Waals surface area contributed by atoms with Crippen molar-refractivity contribution >= 4 is 0 Å². The van der Waals surface area contributed by atoms with Gasteiger partial charge in [-0.15, -0.1) is 0 Å². The van der Waals surface area contributed by atoms with Crippen molar-refractivity contribution in [3.8, 4) is 5.92 Å². The molecule has 0 saturated heterocycles. The zero-order valence-corrected chi connectivity index (χ0v) is 11.2. The second-order valence-electron chi connectivity index (χ2n) is 2.35. The molecule has 0 atom stereocenters. The van der Waals surface area contributed by atoms with Gasteiger partial charge in [0.05, 0.1) is 0 Å². The van der Waals surface area contributed by atoms with Crippen molar-refractivity contribution in [1.29, 1.82) is 0 Å². The smallest absolute Gasteiger partial charge is 0.460 e. The van der Waals surface area contributed by atoms with Gasteiger partial charge < -0.3 is 12.4 Å². The summed E-state index contributed by atoms with van der Waals surface area (Å²) in [7, 11) is 0. The molecule has 0 bridgehead atoms. The maximum atomic E-state index is 12.1. The van der Waals surface area contributed by atoms with Gasteiger partial charge in [0, 0.05) is 19.5 Å². The Bertz CT molecular complexity index is 289. The summed E-state index contributed by atoms with van der Waals surface area (Å²) < 4.78 is 106. The number of hydrogen-bond acceptors (Lipinski definition) is 0. The van der Waals surface area contributed by atoms with E-state index in [1.807, 2.05) is 0 Å². The molecule has 11 heteroatoms. The molecule has 0 fully saturated rings. The Kier molecular flexibility index (Phi) is 7.34. The minimum absolute atomic E-state index is 0. The Labute approximate surface area is 108 Å². The number of halogens is 10. The molecule has 0 heterocycles. The molecule has 0 unspecified atom stereocenters. The maximum Gasteiger partial charge on any atom is 0.460 e. The van der Waals surface area contributed by atoms with E-state index in [9.17, 15) is 39.5 Å². The van der Waals surface area contributed by atoms with E-state index in [0.717, 1.165) is 0 Å². The minimum atomic E-state index is -6.95. The van der Waals surface area contributed by atoms with Crippen molar-refractivity contribution in [3.05, 3.63) is 6.42 Å². The molecule has 97 valence electrons. The van der Waals surface area contributed by atoms with Crippen LogP contribution in [0.5, 0.6) is 0 Å². The molecule has 0 rings (SSSR count). The molecule has 0 N–H and O–H groups in total. The van der Waals surface area contributed by atoms with Gasteiger partial charge in [-0.05, 0) is 12.3 Å². The molecule has 0 aromatic heterocycles. The Morgan fingerprint density at radius 2 is 1.00 bits per heavy atom. The first-order chi connectivity index (χ1) is 6.31. The monoisotopic (exact) mass is 342 g/mol. The van der Waals surface area contributed by atoms with Gasteiger partial charge in [0.15, 0.2) is 0 Å². The summed E-state index contributed by atoms with van der Waals surface area (Å²) in [6, 6.07) is 0. The van der Waals surface area contributed by atoms with Crippen LogP contribution in [-0.4, -0.2) is 23.9 Å². The van der Waals surface area contributed by atoms with Gasteiger partial charge in [0.2, 0.25) is 0 Å². The van der Waals surface area contributed by atoms with Gasteiger partial charge in [0.1, 0.15) is 0 Å². The SMILES string of the molecule is [C]#CC(F)(F)C(F)(F)C(F)(F)C(F)(F)F.[Cl-].[Zn]. The fourth-order valence-corrected chi connectivity index (χ4v) is 0.454. The first-order valence-corrected chi connectivity index (χ1v) is 2.95. The molecule has 0 spiro atoms. The Morgan fingerprint density at radius 3 is 1.18 bits per heavy atom. The summed E-state index contributed by atoms with van der Waals surface area (Å²) in [4.78, 5) is 0. The standard InChI is InChI=1S/C6F9.ClH.Zn/c1-2-3(7,8)4(9,10)5(11,12)6(13,14)15;;/h;1H;/p-1. The summed E-state index contributed by atoms with van der Waals surface area (Å²) in [6.07, 6.45) is -1.29. The quantitative estimate of drug-likeness (QED) is 0.377. The van der Waals surface area contributed by atoms with E-state index < -0.39 is 23.9 Å². The van der Waals surface area contributed by atoms with Crippen molar-refractivity contribution in [3.63, 3.8) is 0 Å². The van der Waals surface area contributed by atoms with Gasteiger partial charge in [-0.3, -0.25) is 0 Å². The fourth-order valence-electron chi connectivity index (χ4n) is 0.454. The second-order valence-corrected chi connectivity index (χ2v) is 2.35. The zero-order chi connectivity index (χ0) is 12.7. The van der Waals surface area contributed by atoms with Crippen LogP contribution in [0.4, 0.5) is 39.5 Å². The number of rotatable bonds is 2. The van der Waals surface area contributed by atoms with Crippen LogP contribution in [0.1, 0.15) is 0 Å². The summed E-state index contributed by atoms with van der Waals surface area (Å²) in [5.41, 5.74) is 0. The minimum Gasteiger partial charge on any atom is -1.00 e. The van der Waals surface area contributed by atoms with Crippen LogP contribution in [0.2, 0.25) is 0 Å². The fraction of sp³-hybridized carbons (Fsp3) is 0.667. The van der Waals surface area contributed by atoms with E-state index in [-0.39, 0.29) is 37.8 Å². The molecule has 0 aromatic carbocycles. The normalized spacial score (nSPS) is 13.2. The van der Waals surface area contributed by atoms with Crippen LogP contribution in [0.15, 0.2) is 0 Å². The molecule has 0 aliphatic carbocycles. The predicted octanol–water partition coefficient (Wildman–Crippen LogP) is 0.0459. The van der Waals surface area contributed by atoms with E-state index in [4.69, 9.17) is 6.42 Å². The largest absolute Gasteiger partial charge is 1.00 e. The molecule has 0 aliphatic heterocycles. The van der Waals surface area contributed by atoms with Gasteiger partial charge in [0.25, 0.3) is 0 Å². The topological polar surface area (TPSA) is 0 Å². The molecule has 0 amide bonds. The summed E-state index contributed by atoms with van der Waals surface area (Å²) in [5.74, 6) is -20.1. The van der Waals surface area contributed by atoms with Crippen LogP contribution in [-0.2, 0) is 19.5 Å². The molecule has 0 aliphatic rings. The van der Waals surface area contributed by atoms with Gasteiger partial charge in [-0.25, -0.2) is 0 Å². The Hall–Kier alpha value is -0.157. The summed E-state index contributed by atoms with van der Waals surface area (Å²) >= 11 is 0. The third kappa shape index (κ3) is 3.41. The van der Waals surface area contributed by atoms with E-state index in [2.05, 4.69) is 0 Å². The summed E-state index contributed by atoms with van der Waals surface area (Å²) in [6.45, 7) is 0. The number of hydrogen-bond donors (Lipinski definition) is 0.